The van der Waals surface area contributed by atoms with Gasteiger partial charge in [0.1, 0.15) is 0 Å². The van der Waals surface area contributed by atoms with Crippen LogP contribution in [0.5, 0.6) is 0 Å². The number of hydrogen-bond acceptors (Lipinski definition) is 2. The second-order valence-electron chi connectivity index (χ2n) is 4.86. The minimum atomic E-state index is -0.326. The maximum absolute atomic E-state index is 10.1. The summed E-state index contributed by atoms with van der Waals surface area (Å²) in [6.07, 6.45) is 3.18. The van der Waals surface area contributed by atoms with E-state index in [9.17, 15) is 5.11 Å². The van der Waals surface area contributed by atoms with Gasteiger partial charge in [-0.3, -0.25) is 4.90 Å². The Morgan fingerprint density at radius 1 is 1.27 bits per heavy atom. The molecule has 0 radical (unpaired) electrons. The SMILES string of the molecule is OC1(C2CCN2Cc2ccccc2)CC1. The normalized spacial score (nSPS) is 28.5. The lowest BCUT2D eigenvalue weighted by atomic mass is 9.94. The zero-order valence-electron chi connectivity index (χ0n) is 8.89. The smallest absolute Gasteiger partial charge is 0.0805 e. The van der Waals surface area contributed by atoms with Crippen molar-refractivity contribution in [2.75, 3.05) is 6.54 Å². The molecular formula is C13H17NO. The molecule has 1 heterocycles. The largest absolute Gasteiger partial charge is 0.388 e. The van der Waals surface area contributed by atoms with E-state index in [0.717, 1.165) is 25.9 Å². The van der Waals surface area contributed by atoms with Crippen molar-refractivity contribution in [3.05, 3.63) is 35.9 Å². The van der Waals surface area contributed by atoms with Gasteiger partial charge in [-0.25, -0.2) is 0 Å². The van der Waals surface area contributed by atoms with E-state index in [0.29, 0.717) is 6.04 Å². The van der Waals surface area contributed by atoms with E-state index in [1.54, 1.807) is 0 Å². The van der Waals surface area contributed by atoms with E-state index in [1.807, 2.05) is 6.07 Å². The molecule has 1 aliphatic carbocycles. The second kappa shape index (κ2) is 3.32. The molecule has 3 rings (SSSR count). The summed E-state index contributed by atoms with van der Waals surface area (Å²) >= 11 is 0. The van der Waals surface area contributed by atoms with Crippen LogP contribution in [0.15, 0.2) is 30.3 Å². The Labute approximate surface area is 90.5 Å². The molecule has 1 unspecified atom stereocenters. The molecule has 0 bridgehead atoms. The van der Waals surface area contributed by atoms with E-state index < -0.39 is 0 Å². The summed E-state index contributed by atoms with van der Waals surface area (Å²) in [6.45, 7) is 2.13. The summed E-state index contributed by atoms with van der Waals surface area (Å²) in [5.41, 5.74) is 1.03. The highest BCUT2D eigenvalue weighted by atomic mass is 16.3. The number of hydrogen-bond donors (Lipinski definition) is 1. The zero-order valence-corrected chi connectivity index (χ0v) is 8.89. The first kappa shape index (κ1) is 9.37. The summed E-state index contributed by atoms with van der Waals surface area (Å²) in [5.74, 6) is 0. The molecule has 0 amide bonds. The molecule has 1 aromatic carbocycles. The molecule has 0 spiro atoms. The highest BCUT2D eigenvalue weighted by Crippen LogP contribution is 2.45. The van der Waals surface area contributed by atoms with Gasteiger partial charge < -0.3 is 5.11 Å². The van der Waals surface area contributed by atoms with Crippen molar-refractivity contribution < 1.29 is 5.11 Å². The number of benzene rings is 1. The molecule has 1 aromatic rings. The molecule has 1 saturated carbocycles. The van der Waals surface area contributed by atoms with Gasteiger partial charge in [0, 0.05) is 19.1 Å². The van der Waals surface area contributed by atoms with E-state index in [-0.39, 0.29) is 5.60 Å². The van der Waals surface area contributed by atoms with Crippen LogP contribution in [-0.4, -0.2) is 28.2 Å². The van der Waals surface area contributed by atoms with Crippen molar-refractivity contribution in [1.82, 2.24) is 4.90 Å². The summed E-state index contributed by atoms with van der Waals surface area (Å²) in [6, 6.07) is 11.0. The summed E-state index contributed by atoms with van der Waals surface area (Å²) in [4.78, 5) is 2.41. The highest BCUT2D eigenvalue weighted by molar-refractivity contribution is 5.16. The monoisotopic (exact) mass is 203 g/mol. The maximum Gasteiger partial charge on any atom is 0.0805 e. The molecule has 80 valence electrons. The fourth-order valence-electron chi connectivity index (χ4n) is 2.52. The third-order valence-corrected chi connectivity index (χ3v) is 3.74. The first-order chi connectivity index (χ1) is 7.28. The fraction of sp³-hybridized carbons (Fsp3) is 0.538. The van der Waals surface area contributed by atoms with Crippen molar-refractivity contribution in [1.29, 1.82) is 0 Å². The van der Waals surface area contributed by atoms with Crippen LogP contribution in [0.25, 0.3) is 0 Å². The van der Waals surface area contributed by atoms with Crippen molar-refractivity contribution in [3.8, 4) is 0 Å². The molecule has 15 heavy (non-hydrogen) atoms. The Bertz CT molecular complexity index is 345. The molecule has 1 aliphatic heterocycles. The third kappa shape index (κ3) is 1.68. The Balaban J connectivity index is 1.65. The van der Waals surface area contributed by atoms with Gasteiger partial charge in [0.2, 0.25) is 0 Å². The quantitative estimate of drug-likeness (QED) is 0.809. The van der Waals surface area contributed by atoms with E-state index in [1.165, 1.54) is 12.0 Å². The number of aliphatic hydroxyl groups is 1. The lowest BCUT2D eigenvalue weighted by Crippen LogP contribution is -2.54. The molecule has 1 saturated heterocycles. The van der Waals surface area contributed by atoms with Crippen LogP contribution < -0.4 is 0 Å². The maximum atomic E-state index is 10.1. The van der Waals surface area contributed by atoms with Crippen LogP contribution in [0.1, 0.15) is 24.8 Å². The molecule has 1 N–H and O–H groups in total. The summed E-state index contributed by atoms with van der Waals surface area (Å²) in [5, 5.41) is 10.1. The standard InChI is InChI=1S/C13H17NO/c15-13(7-8-13)12-6-9-14(12)10-11-4-2-1-3-5-11/h1-5,12,15H,6-10H2. The van der Waals surface area contributed by atoms with Gasteiger partial charge >= 0.3 is 0 Å². The highest BCUT2D eigenvalue weighted by Gasteiger charge is 2.53. The van der Waals surface area contributed by atoms with Gasteiger partial charge in [0.25, 0.3) is 0 Å². The molecule has 2 aliphatic rings. The van der Waals surface area contributed by atoms with Crippen LogP contribution in [-0.2, 0) is 6.54 Å². The van der Waals surface area contributed by atoms with Gasteiger partial charge in [-0.1, -0.05) is 30.3 Å². The second-order valence-corrected chi connectivity index (χ2v) is 4.86. The van der Waals surface area contributed by atoms with E-state index in [4.69, 9.17) is 0 Å². The third-order valence-electron chi connectivity index (χ3n) is 3.74. The van der Waals surface area contributed by atoms with Gasteiger partial charge in [-0.15, -0.1) is 0 Å². The molecule has 1 atom stereocenters. The summed E-state index contributed by atoms with van der Waals surface area (Å²) in [7, 11) is 0. The van der Waals surface area contributed by atoms with E-state index >= 15 is 0 Å². The molecule has 2 fully saturated rings. The lowest BCUT2D eigenvalue weighted by Gasteiger charge is -2.44. The predicted octanol–water partition coefficient (Wildman–Crippen LogP) is 1.79. The topological polar surface area (TPSA) is 23.5 Å². The van der Waals surface area contributed by atoms with E-state index in [2.05, 4.69) is 29.2 Å². The van der Waals surface area contributed by atoms with Gasteiger partial charge in [-0.2, -0.15) is 0 Å². The van der Waals surface area contributed by atoms with Crippen LogP contribution in [0.4, 0.5) is 0 Å². The number of rotatable bonds is 3. The van der Waals surface area contributed by atoms with Gasteiger partial charge in [0.05, 0.1) is 5.60 Å². The number of nitrogens with zero attached hydrogens (tertiary/aromatic N) is 1. The Morgan fingerprint density at radius 2 is 2.00 bits per heavy atom. The Hall–Kier alpha value is -0.860. The molecular weight excluding hydrogens is 186 g/mol. The number of likely N-dealkylation sites (tertiary alicyclic amines) is 1. The first-order valence-corrected chi connectivity index (χ1v) is 5.78. The Morgan fingerprint density at radius 3 is 2.53 bits per heavy atom. The van der Waals surface area contributed by atoms with Gasteiger partial charge in [0.15, 0.2) is 0 Å². The van der Waals surface area contributed by atoms with Crippen LogP contribution in [0.2, 0.25) is 0 Å². The molecule has 2 heteroatoms. The van der Waals surface area contributed by atoms with Crippen molar-refractivity contribution in [2.45, 2.75) is 37.5 Å². The average Bonchev–Trinajstić information content (AvgIpc) is 2.93. The molecule has 0 aromatic heterocycles. The lowest BCUT2D eigenvalue weighted by molar-refractivity contribution is -0.0356. The van der Waals surface area contributed by atoms with Crippen molar-refractivity contribution >= 4 is 0 Å². The van der Waals surface area contributed by atoms with Gasteiger partial charge in [-0.05, 0) is 24.8 Å². The van der Waals surface area contributed by atoms with Crippen LogP contribution in [0, 0.1) is 0 Å². The van der Waals surface area contributed by atoms with Crippen molar-refractivity contribution in [3.63, 3.8) is 0 Å². The minimum absolute atomic E-state index is 0.326. The average molecular weight is 203 g/mol. The van der Waals surface area contributed by atoms with Crippen molar-refractivity contribution in [2.24, 2.45) is 0 Å². The first-order valence-electron chi connectivity index (χ1n) is 5.78. The summed E-state index contributed by atoms with van der Waals surface area (Å²) < 4.78 is 0. The Kier molecular flexibility index (Phi) is 2.08. The predicted molar refractivity (Wildman–Crippen MR) is 59.4 cm³/mol. The molecule has 2 nitrogen and oxygen atoms in total. The minimum Gasteiger partial charge on any atom is -0.388 e. The fourth-order valence-corrected chi connectivity index (χ4v) is 2.52. The van der Waals surface area contributed by atoms with Crippen LogP contribution in [0.3, 0.4) is 0 Å². The van der Waals surface area contributed by atoms with Crippen LogP contribution >= 0.6 is 0 Å². The zero-order chi connectivity index (χ0) is 10.3.